The predicted octanol–water partition coefficient (Wildman–Crippen LogP) is 2.42. The summed E-state index contributed by atoms with van der Waals surface area (Å²) in [7, 11) is 0. The number of halogens is 2. The molecule has 2 aliphatic heterocycles. The maximum atomic E-state index is 13.8. The molecule has 0 aromatic heterocycles. The van der Waals surface area contributed by atoms with E-state index in [4.69, 9.17) is 4.74 Å². The Labute approximate surface area is 116 Å². The van der Waals surface area contributed by atoms with Crippen molar-refractivity contribution < 1.29 is 18.3 Å². The quantitative estimate of drug-likeness (QED) is 0.833. The van der Waals surface area contributed by atoms with Gasteiger partial charge in [0.1, 0.15) is 11.6 Å². The minimum Gasteiger partial charge on any atom is -0.378 e. The van der Waals surface area contributed by atoms with Crippen molar-refractivity contribution in [3.05, 3.63) is 34.9 Å². The van der Waals surface area contributed by atoms with Crippen LogP contribution in [0, 0.1) is 11.6 Å². The van der Waals surface area contributed by atoms with E-state index in [1.54, 1.807) is 4.90 Å². The van der Waals surface area contributed by atoms with E-state index < -0.39 is 5.82 Å². The SMILES string of the molecule is O=C(CC1CCCO1)N1CCc2c(F)ccc(F)c2C1. The lowest BCUT2D eigenvalue weighted by Crippen LogP contribution is -2.38. The number of amides is 1. The summed E-state index contributed by atoms with van der Waals surface area (Å²) in [6.45, 7) is 1.31. The van der Waals surface area contributed by atoms with E-state index in [1.807, 2.05) is 0 Å². The Balaban J connectivity index is 1.71. The smallest absolute Gasteiger partial charge is 0.225 e. The van der Waals surface area contributed by atoms with Gasteiger partial charge in [-0.25, -0.2) is 8.78 Å². The summed E-state index contributed by atoms with van der Waals surface area (Å²) < 4.78 is 32.8. The molecule has 1 aromatic rings. The summed E-state index contributed by atoms with van der Waals surface area (Å²) in [5.74, 6) is -0.852. The van der Waals surface area contributed by atoms with Gasteiger partial charge in [0, 0.05) is 25.3 Å². The Kier molecular flexibility index (Phi) is 3.70. The van der Waals surface area contributed by atoms with Crippen LogP contribution in [-0.2, 0) is 22.5 Å². The van der Waals surface area contributed by atoms with Gasteiger partial charge >= 0.3 is 0 Å². The number of rotatable bonds is 2. The van der Waals surface area contributed by atoms with Crippen LogP contribution in [0.2, 0.25) is 0 Å². The molecule has 0 radical (unpaired) electrons. The Bertz CT molecular complexity index is 527. The molecular weight excluding hydrogens is 264 g/mol. The zero-order valence-electron chi connectivity index (χ0n) is 11.2. The molecule has 1 unspecified atom stereocenters. The van der Waals surface area contributed by atoms with Gasteiger partial charge in [-0.05, 0) is 37.0 Å². The van der Waals surface area contributed by atoms with E-state index in [1.165, 1.54) is 0 Å². The second-order valence-electron chi connectivity index (χ2n) is 5.39. The Morgan fingerprint density at radius 1 is 1.30 bits per heavy atom. The van der Waals surface area contributed by atoms with Gasteiger partial charge in [0.05, 0.1) is 12.5 Å². The minimum absolute atomic E-state index is 0.0127. The molecule has 0 saturated carbocycles. The largest absolute Gasteiger partial charge is 0.378 e. The number of carbonyl (C=O) groups excluding carboxylic acids is 1. The standard InChI is InChI=1S/C15H17F2NO2/c16-13-3-4-14(17)12-9-18(6-5-11(12)13)15(19)8-10-2-1-7-20-10/h3-4,10H,1-2,5-9H2. The summed E-state index contributed by atoms with van der Waals surface area (Å²) in [5.41, 5.74) is 0.725. The van der Waals surface area contributed by atoms with E-state index in [0.717, 1.165) is 25.0 Å². The molecule has 1 atom stereocenters. The molecule has 1 saturated heterocycles. The Morgan fingerprint density at radius 2 is 2.05 bits per heavy atom. The molecule has 2 heterocycles. The molecule has 20 heavy (non-hydrogen) atoms. The average Bonchev–Trinajstić information content (AvgIpc) is 2.95. The van der Waals surface area contributed by atoms with E-state index in [9.17, 15) is 13.6 Å². The summed E-state index contributed by atoms with van der Waals surface area (Å²) in [4.78, 5) is 13.8. The van der Waals surface area contributed by atoms with Crippen molar-refractivity contribution in [2.24, 2.45) is 0 Å². The molecule has 1 aromatic carbocycles. The third kappa shape index (κ3) is 2.54. The van der Waals surface area contributed by atoms with Crippen LogP contribution in [0.25, 0.3) is 0 Å². The lowest BCUT2D eigenvalue weighted by atomic mass is 9.98. The molecular formula is C15H17F2NO2. The second-order valence-corrected chi connectivity index (χ2v) is 5.39. The number of carbonyl (C=O) groups is 1. The van der Waals surface area contributed by atoms with Crippen LogP contribution >= 0.6 is 0 Å². The van der Waals surface area contributed by atoms with Crippen LogP contribution in [0.15, 0.2) is 12.1 Å². The molecule has 0 spiro atoms. The van der Waals surface area contributed by atoms with Crippen molar-refractivity contribution in [3.8, 4) is 0 Å². The molecule has 0 N–H and O–H groups in total. The zero-order chi connectivity index (χ0) is 14.1. The first-order chi connectivity index (χ1) is 9.65. The minimum atomic E-state index is -0.434. The zero-order valence-corrected chi connectivity index (χ0v) is 11.2. The first-order valence-corrected chi connectivity index (χ1v) is 7.00. The Morgan fingerprint density at radius 3 is 2.75 bits per heavy atom. The first kappa shape index (κ1) is 13.5. The highest BCUT2D eigenvalue weighted by Gasteiger charge is 2.27. The lowest BCUT2D eigenvalue weighted by molar-refractivity contribution is -0.134. The molecule has 0 bridgehead atoms. The van der Waals surface area contributed by atoms with Crippen LogP contribution in [0.1, 0.15) is 30.4 Å². The third-order valence-electron chi connectivity index (χ3n) is 4.08. The van der Waals surface area contributed by atoms with Crippen LogP contribution in [0.5, 0.6) is 0 Å². The number of hydrogen-bond acceptors (Lipinski definition) is 2. The van der Waals surface area contributed by atoms with Crippen molar-refractivity contribution >= 4 is 5.91 Å². The van der Waals surface area contributed by atoms with E-state index in [2.05, 4.69) is 0 Å². The van der Waals surface area contributed by atoms with Crippen LogP contribution in [0.3, 0.4) is 0 Å². The van der Waals surface area contributed by atoms with Crippen molar-refractivity contribution in [1.29, 1.82) is 0 Å². The van der Waals surface area contributed by atoms with Crippen molar-refractivity contribution in [2.75, 3.05) is 13.2 Å². The summed E-state index contributed by atoms with van der Waals surface area (Å²) in [5, 5.41) is 0. The van der Waals surface area contributed by atoms with Crippen molar-refractivity contribution in [2.45, 2.75) is 38.3 Å². The highest BCUT2D eigenvalue weighted by Crippen LogP contribution is 2.25. The van der Waals surface area contributed by atoms with Gasteiger partial charge in [-0.1, -0.05) is 0 Å². The van der Waals surface area contributed by atoms with Crippen LogP contribution in [0.4, 0.5) is 8.78 Å². The fourth-order valence-electron chi connectivity index (χ4n) is 2.94. The maximum Gasteiger partial charge on any atom is 0.225 e. The lowest BCUT2D eigenvalue weighted by Gasteiger charge is -2.30. The van der Waals surface area contributed by atoms with E-state index >= 15 is 0 Å². The summed E-state index contributed by atoms with van der Waals surface area (Å²) in [6.07, 6.45) is 2.59. The van der Waals surface area contributed by atoms with E-state index in [-0.39, 0.29) is 24.4 Å². The summed E-state index contributed by atoms with van der Waals surface area (Å²) in [6, 6.07) is 2.28. The van der Waals surface area contributed by atoms with Gasteiger partial charge < -0.3 is 9.64 Å². The highest BCUT2D eigenvalue weighted by atomic mass is 19.1. The number of fused-ring (bicyclic) bond motifs is 1. The molecule has 5 heteroatoms. The summed E-state index contributed by atoms with van der Waals surface area (Å²) >= 11 is 0. The topological polar surface area (TPSA) is 29.5 Å². The van der Waals surface area contributed by atoms with Crippen LogP contribution < -0.4 is 0 Å². The number of ether oxygens (including phenoxy) is 1. The van der Waals surface area contributed by atoms with Gasteiger partial charge in [0.2, 0.25) is 5.91 Å². The van der Waals surface area contributed by atoms with Gasteiger partial charge in [0.15, 0.2) is 0 Å². The maximum absolute atomic E-state index is 13.8. The molecule has 2 aliphatic rings. The number of nitrogens with zero attached hydrogens (tertiary/aromatic N) is 1. The third-order valence-corrected chi connectivity index (χ3v) is 4.08. The molecule has 3 rings (SSSR count). The van der Waals surface area contributed by atoms with E-state index in [0.29, 0.717) is 37.1 Å². The normalized spacial score (nSPS) is 21.9. The molecule has 1 amide bonds. The second kappa shape index (κ2) is 5.48. The Hall–Kier alpha value is -1.49. The van der Waals surface area contributed by atoms with Gasteiger partial charge in [0.25, 0.3) is 0 Å². The van der Waals surface area contributed by atoms with Crippen LogP contribution in [-0.4, -0.2) is 30.1 Å². The number of benzene rings is 1. The van der Waals surface area contributed by atoms with Gasteiger partial charge in [-0.3, -0.25) is 4.79 Å². The fraction of sp³-hybridized carbons (Fsp3) is 0.533. The monoisotopic (exact) mass is 281 g/mol. The number of hydrogen-bond donors (Lipinski definition) is 0. The van der Waals surface area contributed by atoms with Gasteiger partial charge in [-0.2, -0.15) is 0 Å². The molecule has 0 aliphatic carbocycles. The first-order valence-electron chi connectivity index (χ1n) is 7.00. The fourth-order valence-corrected chi connectivity index (χ4v) is 2.94. The highest BCUT2D eigenvalue weighted by molar-refractivity contribution is 5.77. The predicted molar refractivity (Wildman–Crippen MR) is 69.1 cm³/mol. The molecule has 1 fully saturated rings. The average molecular weight is 281 g/mol. The van der Waals surface area contributed by atoms with Gasteiger partial charge in [-0.15, -0.1) is 0 Å². The van der Waals surface area contributed by atoms with Crippen molar-refractivity contribution in [3.63, 3.8) is 0 Å². The molecule has 108 valence electrons. The molecule has 3 nitrogen and oxygen atoms in total. The van der Waals surface area contributed by atoms with Crippen molar-refractivity contribution in [1.82, 2.24) is 4.90 Å².